The summed E-state index contributed by atoms with van der Waals surface area (Å²) in [5, 5.41) is 15.0. The number of aryl methyl sites for hydroxylation is 1. The summed E-state index contributed by atoms with van der Waals surface area (Å²) < 4.78 is 16.3. The van der Waals surface area contributed by atoms with Crippen molar-refractivity contribution in [3.63, 3.8) is 0 Å². The number of carbonyl (C=O) groups excluding carboxylic acids is 1. The van der Waals surface area contributed by atoms with Gasteiger partial charge in [-0.05, 0) is 60.5 Å². The van der Waals surface area contributed by atoms with E-state index in [9.17, 15) is 14.9 Å². The summed E-state index contributed by atoms with van der Waals surface area (Å²) in [5.74, 6) is 1.62. The Balaban J connectivity index is 1.61. The fourth-order valence-corrected chi connectivity index (χ4v) is 3.22. The highest BCUT2D eigenvalue weighted by Crippen LogP contribution is 2.26. The summed E-state index contributed by atoms with van der Waals surface area (Å²) in [6.45, 7) is 1.84. The summed E-state index contributed by atoms with van der Waals surface area (Å²) >= 11 is 0. The molecule has 0 aliphatic carbocycles. The van der Waals surface area contributed by atoms with Crippen LogP contribution in [-0.4, -0.2) is 31.3 Å². The maximum absolute atomic E-state index is 12.1. The molecule has 0 aromatic heterocycles. The number of nitro benzene ring substituents is 1. The van der Waals surface area contributed by atoms with Gasteiger partial charge < -0.3 is 14.2 Å². The minimum absolute atomic E-state index is 0.0391. The monoisotopic (exact) mass is 463 g/mol. The van der Waals surface area contributed by atoms with Gasteiger partial charge in [0.15, 0.2) is 0 Å². The van der Waals surface area contributed by atoms with Gasteiger partial charge in [-0.2, -0.15) is 5.10 Å². The number of hydrazone groups is 1. The van der Waals surface area contributed by atoms with Crippen LogP contribution < -0.4 is 19.6 Å². The van der Waals surface area contributed by atoms with Crippen LogP contribution in [0.5, 0.6) is 17.2 Å². The smallest absolute Gasteiger partial charge is 0.272 e. The molecule has 0 aliphatic heterocycles. The van der Waals surface area contributed by atoms with Crippen molar-refractivity contribution < 1.29 is 23.9 Å². The van der Waals surface area contributed by atoms with E-state index < -0.39 is 4.92 Å². The zero-order chi connectivity index (χ0) is 24.5. The van der Waals surface area contributed by atoms with Gasteiger partial charge in [-0.25, -0.2) is 5.43 Å². The van der Waals surface area contributed by atoms with Crippen molar-refractivity contribution in [2.45, 2.75) is 20.0 Å². The van der Waals surface area contributed by atoms with Gasteiger partial charge in [-0.1, -0.05) is 12.1 Å². The van der Waals surface area contributed by atoms with Gasteiger partial charge in [0.05, 0.1) is 31.8 Å². The summed E-state index contributed by atoms with van der Waals surface area (Å²) in [7, 11) is 3.14. The molecule has 9 heteroatoms. The van der Waals surface area contributed by atoms with E-state index in [0.717, 1.165) is 22.4 Å². The zero-order valence-electron chi connectivity index (χ0n) is 19.1. The van der Waals surface area contributed by atoms with Gasteiger partial charge in [0, 0.05) is 17.2 Å². The van der Waals surface area contributed by atoms with E-state index >= 15 is 0 Å². The van der Waals surface area contributed by atoms with Gasteiger partial charge in [0.1, 0.15) is 23.9 Å². The second kappa shape index (κ2) is 11.5. The third-order valence-electron chi connectivity index (χ3n) is 4.99. The Morgan fingerprint density at radius 3 is 2.41 bits per heavy atom. The number of nitro groups is 1. The van der Waals surface area contributed by atoms with Gasteiger partial charge in [-0.15, -0.1) is 0 Å². The van der Waals surface area contributed by atoms with Crippen LogP contribution in [0.25, 0.3) is 0 Å². The molecule has 0 heterocycles. The van der Waals surface area contributed by atoms with Crippen LogP contribution in [0.1, 0.15) is 22.3 Å². The Morgan fingerprint density at radius 1 is 1.03 bits per heavy atom. The van der Waals surface area contributed by atoms with Crippen molar-refractivity contribution in [2.24, 2.45) is 5.10 Å². The first kappa shape index (κ1) is 24.2. The number of rotatable bonds is 10. The molecule has 34 heavy (non-hydrogen) atoms. The fraction of sp³-hybridized carbons (Fsp3) is 0.200. The molecular formula is C25H25N3O6. The molecule has 1 amide bonds. The molecule has 1 N–H and O–H groups in total. The first-order chi connectivity index (χ1) is 16.4. The molecule has 3 aromatic carbocycles. The molecule has 0 bridgehead atoms. The summed E-state index contributed by atoms with van der Waals surface area (Å²) in [4.78, 5) is 22.7. The van der Waals surface area contributed by atoms with Crippen LogP contribution in [0.2, 0.25) is 0 Å². The van der Waals surface area contributed by atoms with Crippen LogP contribution in [-0.2, 0) is 17.8 Å². The molecule has 3 rings (SSSR count). The first-order valence-corrected chi connectivity index (χ1v) is 10.4. The first-order valence-electron chi connectivity index (χ1n) is 10.4. The summed E-state index contributed by atoms with van der Waals surface area (Å²) in [6, 6.07) is 17.2. The highest BCUT2D eigenvalue weighted by Gasteiger charge is 2.12. The van der Waals surface area contributed by atoms with Gasteiger partial charge in [0.2, 0.25) is 5.91 Å². The molecule has 0 saturated heterocycles. The van der Waals surface area contributed by atoms with Gasteiger partial charge in [0.25, 0.3) is 5.69 Å². The van der Waals surface area contributed by atoms with Crippen molar-refractivity contribution in [1.29, 1.82) is 0 Å². The number of nitrogens with one attached hydrogen (secondary N) is 1. The number of methoxy groups -OCH3 is 2. The number of nitrogens with zero attached hydrogens (tertiary/aromatic N) is 2. The highest BCUT2D eigenvalue weighted by molar-refractivity contribution is 5.83. The van der Waals surface area contributed by atoms with Crippen LogP contribution in [0.3, 0.4) is 0 Å². The minimum atomic E-state index is -0.430. The Morgan fingerprint density at radius 2 is 1.76 bits per heavy atom. The Kier molecular flexibility index (Phi) is 8.17. The van der Waals surface area contributed by atoms with E-state index in [1.165, 1.54) is 12.3 Å². The van der Waals surface area contributed by atoms with Crippen molar-refractivity contribution in [1.82, 2.24) is 5.43 Å². The van der Waals surface area contributed by atoms with Crippen molar-refractivity contribution in [3.05, 3.63) is 93.0 Å². The predicted octanol–water partition coefficient (Wildman–Crippen LogP) is 4.19. The SMILES string of the molecule is COc1ccc(CC(=O)N/N=C/c2ccc(OC)c(COc3ccc([N+](=O)[O-])c(C)c3)c2)cc1. The van der Waals surface area contributed by atoms with E-state index in [1.54, 1.807) is 57.5 Å². The van der Waals surface area contributed by atoms with E-state index in [2.05, 4.69) is 10.5 Å². The Hall–Kier alpha value is -4.40. The van der Waals surface area contributed by atoms with Crippen LogP contribution in [0, 0.1) is 17.0 Å². The van der Waals surface area contributed by atoms with Gasteiger partial charge >= 0.3 is 0 Å². The molecule has 0 saturated carbocycles. The average Bonchev–Trinajstić information content (AvgIpc) is 2.83. The maximum atomic E-state index is 12.1. The number of carbonyl (C=O) groups is 1. The molecule has 0 spiro atoms. The second-order valence-corrected chi connectivity index (χ2v) is 7.38. The molecule has 9 nitrogen and oxygen atoms in total. The normalized spacial score (nSPS) is 10.7. The van der Waals surface area contributed by atoms with Crippen molar-refractivity contribution >= 4 is 17.8 Å². The quantitative estimate of drug-likeness (QED) is 0.274. The largest absolute Gasteiger partial charge is 0.497 e. The van der Waals surface area contributed by atoms with E-state index in [1.807, 2.05) is 18.2 Å². The third-order valence-corrected chi connectivity index (χ3v) is 4.99. The minimum Gasteiger partial charge on any atom is -0.497 e. The van der Waals surface area contributed by atoms with Crippen molar-refractivity contribution in [3.8, 4) is 17.2 Å². The third kappa shape index (κ3) is 6.55. The molecule has 0 aliphatic rings. The molecule has 0 radical (unpaired) electrons. The van der Waals surface area contributed by atoms with Crippen LogP contribution in [0.15, 0.2) is 65.8 Å². The van der Waals surface area contributed by atoms with Crippen LogP contribution in [0.4, 0.5) is 5.69 Å². The molecule has 0 fully saturated rings. The lowest BCUT2D eigenvalue weighted by molar-refractivity contribution is -0.385. The number of benzene rings is 3. The molecular weight excluding hydrogens is 438 g/mol. The lowest BCUT2D eigenvalue weighted by atomic mass is 10.1. The number of hydrogen-bond acceptors (Lipinski definition) is 7. The van der Waals surface area contributed by atoms with E-state index in [0.29, 0.717) is 17.1 Å². The van der Waals surface area contributed by atoms with E-state index in [4.69, 9.17) is 14.2 Å². The van der Waals surface area contributed by atoms with Crippen molar-refractivity contribution in [2.75, 3.05) is 14.2 Å². The summed E-state index contributed by atoms with van der Waals surface area (Å²) in [6.07, 6.45) is 1.72. The molecule has 0 unspecified atom stereocenters. The number of amides is 1. The highest BCUT2D eigenvalue weighted by atomic mass is 16.6. The van der Waals surface area contributed by atoms with Gasteiger partial charge in [-0.3, -0.25) is 14.9 Å². The molecule has 176 valence electrons. The average molecular weight is 463 g/mol. The topological polar surface area (TPSA) is 112 Å². The number of hydrogen-bond donors (Lipinski definition) is 1. The molecule has 0 atom stereocenters. The second-order valence-electron chi connectivity index (χ2n) is 7.38. The lowest BCUT2D eigenvalue weighted by Gasteiger charge is -2.11. The molecule has 3 aromatic rings. The standard InChI is InChI=1S/C25H25N3O6/c1-17-12-22(9-10-23(17)28(30)31)34-16-20-13-19(6-11-24(20)33-3)15-26-27-25(29)14-18-4-7-21(32-2)8-5-18/h4-13,15H,14,16H2,1-3H3,(H,27,29)/b26-15+. The van der Waals surface area contributed by atoms with E-state index in [-0.39, 0.29) is 24.6 Å². The fourth-order valence-electron chi connectivity index (χ4n) is 3.22. The lowest BCUT2D eigenvalue weighted by Crippen LogP contribution is -2.19. The van der Waals surface area contributed by atoms with Crippen LogP contribution >= 0.6 is 0 Å². The zero-order valence-corrected chi connectivity index (χ0v) is 19.1. The number of ether oxygens (including phenoxy) is 3. The predicted molar refractivity (Wildman–Crippen MR) is 128 cm³/mol. The Labute approximate surface area is 197 Å². The maximum Gasteiger partial charge on any atom is 0.272 e. The summed E-state index contributed by atoms with van der Waals surface area (Å²) in [5.41, 5.74) is 5.41. The Bertz CT molecular complexity index is 1190.